The smallest absolute Gasteiger partial charge is 0.0281 e. The van der Waals surface area contributed by atoms with Crippen LogP contribution in [0, 0.1) is 0 Å². The zero-order valence-electron chi connectivity index (χ0n) is 11.0. The van der Waals surface area contributed by atoms with Gasteiger partial charge in [0, 0.05) is 23.4 Å². The standard InChI is InChI=1S/C13H26N2S/c1-11-9-12(5-8-15(11)2)14-10-13(16-3)6-4-7-13/h11-12,14H,4-10H2,1-3H3. The van der Waals surface area contributed by atoms with Gasteiger partial charge in [-0.15, -0.1) is 0 Å². The van der Waals surface area contributed by atoms with Gasteiger partial charge < -0.3 is 10.2 Å². The lowest BCUT2D eigenvalue weighted by molar-refractivity contribution is 0.164. The maximum atomic E-state index is 3.82. The Morgan fingerprint density at radius 1 is 1.44 bits per heavy atom. The molecule has 0 aromatic rings. The molecule has 2 rings (SSSR count). The van der Waals surface area contributed by atoms with Gasteiger partial charge in [0.05, 0.1) is 0 Å². The van der Waals surface area contributed by atoms with E-state index in [0.717, 1.165) is 12.1 Å². The first-order chi connectivity index (χ1) is 7.65. The van der Waals surface area contributed by atoms with E-state index in [1.54, 1.807) is 0 Å². The molecule has 0 aromatic heterocycles. The Hall–Kier alpha value is 0.270. The second-order valence-electron chi connectivity index (χ2n) is 5.67. The largest absolute Gasteiger partial charge is 0.312 e. The molecule has 1 saturated heterocycles. The Morgan fingerprint density at radius 3 is 2.69 bits per heavy atom. The van der Waals surface area contributed by atoms with Gasteiger partial charge in [-0.3, -0.25) is 0 Å². The number of nitrogens with zero attached hydrogens (tertiary/aromatic N) is 1. The van der Waals surface area contributed by atoms with Crippen LogP contribution in [-0.2, 0) is 0 Å². The van der Waals surface area contributed by atoms with Crippen LogP contribution in [0.3, 0.4) is 0 Å². The van der Waals surface area contributed by atoms with Gasteiger partial charge in [-0.25, -0.2) is 0 Å². The molecule has 3 heteroatoms. The average molecular weight is 242 g/mol. The summed E-state index contributed by atoms with van der Waals surface area (Å²) in [6.07, 6.45) is 9.20. The Labute approximate surface area is 105 Å². The van der Waals surface area contributed by atoms with E-state index >= 15 is 0 Å². The molecule has 1 saturated carbocycles. The molecule has 0 radical (unpaired) electrons. The van der Waals surface area contributed by atoms with Gasteiger partial charge in [-0.2, -0.15) is 11.8 Å². The summed E-state index contributed by atoms with van der Waals surface area (Å²) in [7, 11) is 2.25. The van der Waals surface area contributed by atoms with E-state index in [4.69, 9.17) is 0 Å². The van der Waals surface area contributed by atoms with Crippen LogP contribution in [0.2, 0.25) is 0 Å². The number of nitrogens with one attached hydrogen (secondary N) is 1. The quantitative estimate of drug-likeness (QED) is 0.814. The van der Waals surface area contributed by atoms with Crippen LogP contribution >= 0.6 is 11.8 Å². The van der Waals surface area contributed by atoms with Crippen molar-refractivity contribution in [2.24, 2.45) is 0 Å². The topological polar surface area (TPSA) is 15.3 Å². The van der Waals surface area contributed by atoms with E-state index in [1.165, 1.54) is 45.2 Å². The first-order valence-corrected chi connectivity index (χ1v) is 7.86. The highest BCUT2D eigenvalue weighted by Crippen LogP contribution is 2.42. The summed E-state index contributed by atoms with van der Waals surface area (Å²) in [5.74, 6) is 0. The van der Waals surface area contributed by atoms with Gasteiger partial charge in [0.2, 0.25) is 0 Å². The molecule has 1 heterocycles. The summed E-state index contributed by atoms with van der Waals surface area (Å²) in [6, 6.07) is 1.51. The van der Waals surface area contributed by atoms with Crippen LogP contribution in [0.4, 0.5) is 0 Å². The van der Waals surface area contributed by atoms with Crippen molar-refractivity contribution in [3.63, 3.8) is 0 Å². The molecule has 2 fully saturated rings. The molecule has 1 aliphatic heterocycles. The second kappa shape index (κ2) is 5.28. The predicted molar refractivity (Wildman–Crippen MR) is 73.2 cm³/mol. The molecule has 0 spiro atoms. The fraction of sp³-hybridized carbons (Fsp3) is 1.00. The molecular formula is C13H26N2S. The van der Waals surface area contributed by atoms with E-state index in [2.05, 4.69) is 42.2 Å². The first kappa shape index (κ1) is 12.7. The highest BCUT2D eigenvalue weighted by Gasteiger charge is 2.36. The van der Waals surface area contributed by atoms with Gasteiger partial charge in [-0.1, -0.05) is 6.42 Å². The van der Waals surface area contributed by atoms with Gasteiger partial charge in [-0.05, 0) is 52.5 Å². The van der Waals surface area contributed by atoms with Crippen molar-refractivity contribution in [2.45, 2.75) is 55.9 Å². The van der Waals surface area contributed by atoms with Crippen LogP contribution in [0.5, 0.6) is 0 Å². The second-order valence-corrected chi connectivity index (χ2v) is 6.95. The van der Waals surface area contributed by atoms with Crippen molar-refractivity contribution in [3.8, 4) is 0 Å². The van der Waals surface area contributed by atoms with Crippen molar-refractivity contribution in [2.75, 3.05) is 26.4 Å². The summed E-state index contributed by atoms with van der Waals surface area (Å²) < 4.78 is 0.590. The van der Waals surface area contributed by atoms with Crippen LogP contribution in [-0.4, -0.2) is 48.1 Å². The number of piperidine rings is 1. The molecule has 16 heavy (non-hydrogen) atoms. The molecule has 2 nitrogen and oxygen atoms in total. The van der Waals surface area contributed by atoms with Crippen molar-refractivity contribution >= 4 is 11.8 Å². The number of thioether (sulfide) groups is 1. The minimum atomic E-state index is 0.590. The highest BCUT2D eigenvalue weighted by molar-refractivity contribution is 8.00. The fourth-order valence-corrected chi connectivity index (χ4v) is 3.75. The lowest BCUT2D eigenvalue weighted by atomic mass is 9.83. The molecule has 2 aliphatic rings. The Bertz CT molecular complexity index is 222. The Kier molecular flexibility index (Phi) is 4.20. The van der Waals surface area contributed by atoms with Gasteiger partial charge >= 0.3 is 0 Å². The SMILES string of the molecule is CSC1(CNC2CCN(C)C(C)C2)CCC1. The minimum absolute atomic E-state index is 0.590. The number of hydrogen-bond acceptors (Lipinski definition) is 3. The summed E-state index contributed by atoms with van der Waals surface area (Å²) in [5, 5.41) is 3.82. The molecular weight excluding hydrogens is 216 g/mol. The van der Waals surface area contributed by atoms with Crippen molar-refractivity contribution in [1.82, 2.24) is 10.2 Å². The van der Waals surface area contributed by atoms with E-state index in [1.807, 2.05) is 0 Å². The zero-order valence-corrected chi connectivity index (χ0v) is 11.8. The number of rotatable bonds is 4. The number of hydrogen-bond donors (Lipinski definition) is 1. The summed E-state index contributed by atoms with van der Waals surface area (Å²) in [4.78, 5) is 2.48. The summed E-state index contributed by atoms with van der Waals surface area (Å²) >= 11 is 2.08. The van der Waals surface area contributed by atoms with E-state index in [9.17, 15) is 0 Å². The average Bonchev–Trinajstić information content (AvgIpc) is 2.22. The summed E-state index contributed by atoms with van der Waals surface area (Å²) in [5.41, 5.74) is 0. The van der Waals surface area contributed by atoms with Crippen molar-refractivity contribution in [1.29, 1.82) is 0 Å². The number of likely N-dealkylation sites (tertiary alicyclic amines) is 1. The fourth-order valence-electron chi connectivity index (χ4n) is 2.83. The maximum absolute atomic E-state index is 3.82. The maximum Gasteiger partial charge on any atom is 0.0281 e. The Balaban J connectivity index is 1.74. The Morgan fingerprint density at radius 2 is 2.19 bits per heavy atom. The van der Waals surface area contributed by atoms with Crippen LogP contribution in [0.15, 0.2) is 0 Å². The van der Waals surface area contributed by atoms with Crippen molar-refractivity contribution in [3.05, 3.63) is 0 Å². The highest BCUT2D eigenvalue weighted by atomic mass is 32.2. The molecule has 0 amide bonds. The van der Waals surface area contributed by atoms with Crippen LogP contribution in [0.25, 0.3) is 0 Å². The molecule has 0 bridgehead atoms. The monoisotopic (exact) mass is 242 g/mol. The van der Waals surface area contributed by atoms with Crippen LogP contribution < -0.4 is 5.32 Å². The van der Waals surface area contributed by atoms with Gasteiger partial charge in [0.25, 0.3) is 0 Å². The predicted octanol–water partition coefficient (Wildman–Crippen LogP) is 2.34. The van der Waals surface area contributed by atoms with E-state index in [0.29, 0.717) is 4.75 Å². The third-order valence-electron chi connectivity index (χ3n) is 4.62. The first-order valence-electron chi connectivity index (χ1n) is 6.64. The van der Waals surface area contributed by atoms with Crippen LogP contribution in [0.1, 0.15) is 39.0 Å². The minimum Gasteiger partial charge on any atom is -0.312 e. The summed E-state index contributed by atoms with van der Waals surface area (Å²) in [6.45, 7) is 4.84. The third-order valence-corrected chi connectivity index (χ3v) is 6.04. The molecule has 94 valence electrons. The lowest BCUT2D eigenvalue weighted by Crippen LogP contribution is -2.51. The normalized spacial score (nSPS) is 34.7. The third kappa shape index (κ3) is 2.74. The zero-order chi connectivity index (χ0) is 11.6. The van der Waals surface area contributed by atoms with Crippen molar-refractivity contribution < 1.29 is 0 Å². The van der Waals surface area contributed by atoms with E-state index < -0.39 is 0 Å². The van der Waals surface area contributed by atoms with Gasteiger partial charge in [0.1, 0.15) is 0 Å². The molecule has 0 aromatic carbocycles. The van der Waals surface area contributed by atoms with Gasteiger partial charge in [0.15, 0.2) is 0 Å². The molecule has 2 atom stereocenters. The van der Waals surface area contributed by atoms with E-state index in [-0.39, 0.29) is 0 Å². The molecule has 2 unspecified atom stereocenters. The molecule has 1 aliphatic carbocycles. The molecule has 1 N–H and O–H groups in total. The lowest BCUT2D eigenvalue weighted by Gasteiger charge is -2.43.